The summed E-state index contributed by atoms with van der Waals surface area (Å²) < 4.78 is 1.99. The molecule has 0 saturated carbocycles. The Kier molecular flexibility index (Phi) is 4.30. The Labute approximate surface area is 111 Å². The summed E-state index contributed by atoms with van der Waals surface area (Å²) in [6, 6.07) is 5.88. The number of fused-ring (bicyclic) bond motifs is 1. The molecule has 1 aromatic carbocycles. The maximum absolute atomic E-state index is 10.9. The molecule has 0 unspecified atom stereocenters. The molecular formula is C14H17N3O2. The van der Waals surface area contributed by atoms with E-state index in [0.29, 0.717) is 0 Å². The highest BCUT2D eigenvalue weighted by Crippen LogP contribution is 2.17. The molecule has 0 radical (unpaired) electrons. The smallest absolute Gasteiger partial charge is 0.267 e. The minimum Gasteiger partial charge on any atom is -0.288 e. The average molecular weight is 259 g/mol. The summed E-state index contributed by atoms with van der Waals surface area (Å²) in [5, 5.41) is 13.8. The minimum atomic E-state index is -0.543. The van der Waals surface area contributed by atoms with Crippen LogP contribution in [0, 0.1) is 0 Å². The van der Waals surface area contributed by atoms with Crippen LogP contribution < -0.4 is 5.48 Å². The maximum Gasteiger partial charge on any atom is 0.267 e. The Morgan fingerprint density at radius 3 is 3.11 bits per heavy atom. The molecule has 5 heteroatoms. The van der Waals surface area contributed by atoms with E-state index in [0.717, 1.165) is 35.9 Å². The molecule has 100 valence electrons. The van der Waals surface area contributed by atoms with E-state index in [1.807, 2.05) is 29.1 Å². The molecule has 1 amide bonds. The lowest BCUT2D eigenvalue weighted by Crippen LogP contribution is -2.14. The molecule has 19 heavy (non-hydrogen) atoms. The molecule has 0 atom stereocenters. The van der Waals surface area contributed by atoms with Gasteiger partial charge in [0.1, 0.15) is 0 Å². The normalized spacial score (nSPS) is 11.3. The van der Waals surface area contributed by atoms with Crippen LogP contribution >= 0.6 is 0 Å². The number of aromatic nitrogens is 2. The molecule has 1 aromatic heterocycles. The first-order chi connectivity index (χ1) is 9.24. The molecule has 5 nitrogen and oxygen atoms in total. The van der Waals surface area contributed by atoms with Crippen molar-refractivity contribution in [1.82, 2.24) is 15.3 Å². The Bertz CT molecular complexity index is 602. The second-order valence-corrected chi connectivity index (χ2v) is 4.35. The van der Waals surface area contributed by atoms with E-state index in [1.165, 1.54) is 6.08 Å². The van der Waals surface area contributed by atoms with E-state index >= 15 is 0 Å². The number of rotatable bonds is 5. The Morgan fingerprint density at radius 2 is 2.37 bits per heavy atom. The zero-order valence-corrected chi connectivity index (χ0v) is 10.8. The average Bonchev–Trinajstić information content (AvgIpc) is 2.84. The van der Waals surface area contributed by atoms with Crippen LogP contribution in [0.1, 0.15) is 25.3 Å². The SMILES string of the molecule is CCCCn1ncc2cc(/C=C/C(=O)NO)ccc21. The summed E-state index contributed by atoms with van der Waals surface area (Å²) in [5.41, 5.74) is 3.55. The molecule has 0 bridgehead atoms. The molecule has 2 N–H and O–H groups in total. The standard InChI is InChI=1S/C14H17N3O2/c1-2-3-8-17-13-6-4-11(5-7-14(18)16-19)9-12(13)10-15-17/h4-7,9-10,19H,2-3,8H2,1H3,(H,16,18)/b7-5+. The molecule has 0 fully saturated rings. The third-order valence-corrected chi connectivity index (χ3v) is 2.93. The van der Waals surface area contributed by atoms with Gasteiger partial charge in [-0.25, -0.2) is 5.48 Å². The number of carbonyl (C=O) groups excluding carboxylic acids is 1. The molecule has 2 aromatic rings. The van der Waals surface area contributed by atoms with Crippen molar-refractivity contribution >= 4 is 22.9 Å². The molecule has 0 aliphatic carbocycles. The van der Waals surface area contributed by atoms with Crippen LogP contribution in [-0.2, 0) is 11.3 Å². The summed E-state index contributed by atoms with van der Waals surface area (Å²) in [5.74, 6) is -0.543. The van der Waals surface area contributed by atoms with E-state index in [1.54, 1.807) is 11.6 Å². The number of hydrogen-bond donors (Lipinski definition) is 2. The van der Waals surface area contributed by atoms with Gasteiger partial charge in [-0.3, -0.25) is 14.7 Å². The maximum atomic E-state index is 10.9. The third kappa shape index (κ3) is 3.20. The van der Waals surface area contributed by atoms with Crippen molar-refractivity contribution in [2.45, 2.75) is 26.3 Å². The molecule has 0 spiro atoms. The Balaban J connectivity index is 2.22. The predicted molar refractivity (Wildman–Crippen MR) is 73.6 cm³/mol. The van der Waals surface area contributed by atoms with Gasteiger partial charge in [-0.1, -0.05) is 19.4 Å². The lowest BCUT2D eigenvalue weighted by molar-refractivity contribution is -0.124. The monoisotopic (exact) mass is 259 g/mol. The van der Waals surface area contributed by atoms with Crippen LogP contribution in [0.5, 0.6) is 0 Å². The minimum absolute atomic E-state index is 0.543. The van der Waals surface area contributed by atoms with E-state index in [-0.39, 0.29) is 0 Å². The van der Waals surface area contributed by atoms with Crippen LogP contribution in [0.2, 0.25) is 0 Å². The van der Waals surface area contributed by atoms with Gasteiger partial charge in [-0.2, -0.15) is 5.10 Å². The van der Waals surface area contributed by atoms with Crippen molar-refractivity contribution in [2.24, 2.45) is 0 Å². The fraction of sp³-hybridized carbons (Fsp3) is 0.286. The zero-order chi connectivity index (χ0) is 13.7. The topological polar surface area (TPSA) is 67.2 Å². The molecule has 0 saturated heterocycles. The van der Waals surface area contributed by atoms with Crippen molar-refractivity contribution < 1.29 is 10.0 Å². The van der Waals surface area contributed by atoms with Gasteiger partial charge in [-0.15, -0.1) is 0 Å². The van der Waals surface area contributed by atoms with Gasteiger partial charge in [0.15, 0.2) is 0 Å². The number of nitrogens with zero attached hydrogens (tertiary/aromatic N) is 2. The fourth-order valence-electron chi connectivity index (χ4n) is 1.90. The molecule has 0 aliphatic heterocycles. The second kappa shape index (κ2) is 6.15. The molecule has 1 heterocycles. The number of amides is 1. The Morgan fingerprint density at radius 1 is 1.53 bits per heavy atom. The number of carbonyl (C=O) groups is 1. The van der Waals surface area contributed by atoms with E-state index in [9.17, 15) is 4.79 Å². The highest BCUT2D eigenvalue weighted by Gasteiger charge is 2.02. The second-order valence-electron chi connectivity index (χ2n) is 4.35. The van der Waals surface area contributed by atoms with Gasteiger partial charge in [0.05, 0.1) is 11.7 Å². The van der Waals surface area contributed by atoms with Gasteiger partial charge < -0.3 is 0 Å². The van der Waals surface area contributed by atoms with Crippen LogP contribution in [-0.4, -0.2) is 20.9 Å². The molecule has 0 aliphatic rings. The summed E-state index contributed by atoms with van der Waals surface area (Å²) in [6.45, 7) is 3.07. The van der Waals surface area contributed by atoms with Crippen molar-refractivity contribution in [3.63, 3.8) is 0 Å². The zero-order valence-electron chi connectivity index (χ0n) is 10.8. The van der Waals surface area contributed by atoms with Gasteiger partial charge in [-0.05, 0) is 30.2 Å². The van der Waals surface area contributed by atoms with Gasteiger partial charge in [0.25, 0.3) is 5.91 Å². The van der Waals surface area contributed by atoms with Crippen molar-refractivity contribution in [3.8, 4) is 0 Å². The van der Waals surface area contributed by atoms with Crippen LogP contribution in [0.25, 0.3) is 17.0 Å². The van der Waals surface area contributed by atoms with E-state index in [4.69, 9.17) is 5.21 Å². The summed E-state index contributed by atoms with van der Waals surface area (Å²) >= 11 is 0. The van der Waals surface area contributed by atoms with Crippen molar-refractivity contribution in [1.29, 1.82) is 0 Å². The highest BCUT2D eigenvalue weighted by atomic mass is 16.5. The summed E-state index contributed by atoms with van der Waals surface area (Å²) in [6.07, 6.45) is 7.00. The first kappa shape index (κ1) is 13.3. The summed E-state index contributed by atoms with van der Waals surface area (Å²) in [4.78, 5) is 10.9. The highest BCUT2D eigenvalue weighted by molar-refractivity contribution is 5.91. The largest absolute Gasteiger partial charge is 0.288 e. The molecular weight excluding hydrogens is 242 g/mol. The van der Waals surface area contributed by atoms with Gasteiger partial charge in [0.2, 0.25) is 0 Å². The molecule has 2 rings (SSSR count). The van der Waals surface area contributed by atoms with Gasteiger partial charge in [0, 0.05) is 18.0 Å². The number of aryl methyl sites for hydroxylation is 1. The quantitative estimate of drug-likeness (QED) is 0.492. The summed E-state index contributed by atoms with van der Waals surface area (Å²) in [7, 11) is 0. The number of unbranched alkanes of at least 4 members (excludes halogenated alkanes) is 1. The number of hydrogen-bond acceptors (Lipinski definition) is 3. The van der Waals surface area contributed by atoms with E-state index < -0.39 is 5.91 Å². The predicted octanol–water partition coefficient (Wildman–Crippen LogP) is 2.36. The first-order valence-electron chi connectivity index (χ1n) is 6.32. The van der Waals surface area contributed by atoms with E-state index in [2.05, 4.69) is 12.0 Å². The Hall–Kier alpha value is -2.14. The van der Waals surface area contributed by atoms with Crippen molar-refractivity contribution in [2.75, 3.05) is 0 Å². The number of hydroxylamine groups is 1. The van der Waals surface area contributed by atoms with Gasteiger partial charge >= 0.3 is 0 Å². The lowest BCUT2D eigenvalue weighted by atomic mass is 10.1. The van der Waals surface area contributed by atoms with Crippen LogP contribution in [0.3, 0.4) is 0 Å². The first-order valence-corrected chi connectivity index (χ1v) is 6.32. The van der Waals surface area contributed by atoms with Crippen molar-refractivity contribution in [3.05, 3.63) is 36.0 Å². The lowest BCUT2D eigenvalue weighted by Gasteiger charge is -2.02. The van der Waals surface area contributed by atoms with Crippen LogP contribution in [0.4, 0.5) is 0 Å². The number of nitrogens with one attached hydrogen (secondary N) is 1. The number of benzene rings is 1. The fourth-order valence-corrected chi connectivity index (χ4v) is 1.90. The third-order valence-electron chi connectivity index (χ3n) is 2.93. The van der Waals surface area contributed by atoms with Crippen LogP contribution in [0.15, 0.2) is 30.5 Å².